The molecular weight excluding hydrogens is 390 g/mol. The Balaban J connectivity index is 1.58. The molecular formula is C21H23N3O4S. The molecule has 0 aliphatic rings. The molecule has 0 amide bonds. The molecule has 0 radical (unpaired) electrons. The van der Waals surface area contributed by atoms with Gasteiger partial charge in [-0.05, 0) is 31.5 Å². The molecule has 1 atom stereocenters. The van der Waals surface area contributed by atoms with E-state index in [1.165, 1.54) is 19.1 Å². The molecule has 0 aliphatic carbocycles. The van der Waals surface area contributed by atoms with Crippen LogP contribution in [-0.2, 0) is 32.7 Å². The second-order valence-electron chi connectivity index (χ2n) is 6.72. The van der Waals surface area contributed by atoms with Crippen molar-refractivity contribution in [3.8, 4) is 0 Å². The molecule has 3 aromatic rings. The Labute approximate surface area is 170 Å². The van der Waals surface area contributed by atoms with E-state index in [1.54, 1.807) is 24.5 Å². The summed E-state index contributed by atoms with van der Waals surface area (Å²) >= 11 is 0. The van der Waals surface area contributed by atoms with Crippen LogP contribution in [0.25, 0.3) is 0 Å². The lowest BCUT2D eigenvalue weighted by atomic mass is 10.2. The van der Waals surface area contributed by atoms with Gasteiger partial charge in [-0.15, -0.1) is 0 Å². The van der Waals surface area contributed by atoms with E-state index in [-0.39, 0.29) is 11.5 Å². The van der Waals surface area contributed by atoms with E-state index in [0.29, 0.717) is 12.4 Å². The van der Waals surface area contributed by atoms with Gasteiger partial charge in [-0.2, -0.15) is 4.72 Å². The molecule has 1 aromatic heterocycles. The van der Waals surface area contributed by atoms with Crippen LogP contribution in [0.2, 0.25) is 0 Å². The highest BCUT2D eigenvalue weighted by Gasteiger charge is 2.23. The van der Waals surface area contributed by atoms with E-state index >= 15 is 0 Å². The maximum Gasteiger partial charge on any atom is 0.324 e. The molecule has 0 fully saturated rings. The Bertz CT molecular complexity index is 1060. The molecule has 7 nitrogen and oxygen atoms in total. The zero-order chi connectivity index (χ0) is 20.9. The van der Waals surface area contributed by atoms with Crippen molar-refractivity contribution < 1.29 is 17.9 Å². The number of nitrogens with one attached hydrogen (secondary N) is 1. The van der Waals surface area contributed by atoms with Crippen LogP contribution in [0.3, 0.4) is 0 Å². The average molecular weight is 413 g/mol. The van der Waals surface area contributed by atoms with Gasteiger partial charge >= 0.3 is 5.97 Å². The van der Waals surface area contributed by atoms with Crippen LogP contribution in [0, 0.1) is 6.92 Å². The quantitative estimate of drug-likeness (QED) is 0.574. The summed E-state index contributed by atoms with van der Waals surface area (Å²) in [5.74, 6) is -0.0919. The Morgan fingerprint density at radius 3 is 2.52 bits per heavy atom. The van der Waals surface area contributed by atoms with Crippen molar-refractivity contribution in [3.05, 3.63) is 83.9 Å². The van der Waals surface area contributed by atoms with Gasteiger partial charge in [-0.3, -0.25) is 4.79 Å². The van der Waals surface area contributed by atoms with Crippen LogP contribution < -0.4 is 4.72 Å². The Morgan fingerprint density at radius 2 is 1.83 bits per heavy atom. The minimum absolute atomic E-state index is 0.0464. The second kappa shape index (κ2) is 9.02. The van der Waals surface area contributed by atoms with Gasteiger partial charge in [0.15, 0.2) is 0 Å². The third-order valence-corrected chi connectivity index (χ3v) is 5.91. The predicted octanol–water partition coefficient (Wildman–Crippen LogP) is 2.65. The standard InChI is InChI=1S/C21H23N3O4S/c1-16-8-10-19(11-9-16)29(26,27)23-17(2)21(25)28-15-20-22-12-13-24(20)14-18-6-4-3-5-7-18/h3-13,17,23H,14-15H2,1-2H3. The lowest BCUT2D eigenvalue weighted by molar-refractivity contribution is -0.146. The fourth-order valence-electron chi connectivity index (χ4n) is 2.73. The smallest absolute Gasteiger partial charge is 0.324 e. The number of rotatable bonds is 8. The first kappa shape index (κ1) is 20.8. The van der Waals surface area contributed by atoms with Crippen molar-refractivity contribution >= 4 is 16.0 Å². The fourth-order valence-corrected chi connectivity index (χ4v) is 3.92. The number of ether oxygens (including phenoxy) is 1. The van der Waals surface area contributed by atoms with Gasteiger partial charge in [0.05, 0.1) is 4.90 Å². The number of carbonyl (C=O) groups is 1. The molecule has 8 heteroatoms. The first-order valence-corrected chi connectivity index (χ1v) is 10.6. The summed E-state index contributed by atoms with van der Waals surface area (Å²) < 4.78 is 34.3. The van der Waals surface area contributed by atoms with Crippen molar-refractivity contribution in [2.45, 2.75) is 37.9 Å². The van der Waals surface area contributed by atoms with Gasteiger partial charge in [0, 0.05) is 18.9 Å². The van der Waals surface area contributed by atoms with Crippen LogP contribution >= 0.6 is 0 Å². The number of aromatic nitrogens is 2. The molecule has 1 heterocycles. The summed E-state index contributed by atoms with van der Waals surface area (Å²) in [6.07, 6.45) is 3.44. The Kier molecular flexibility index (Phi) is 6.46. The predicted molar refractivity (Wildman–Crippen MR) is 109 cm³/mol. The highest BCUT2D eigenvalue weighted by Crippen LogP contribution is 2.11. The molecule has 0 aliphatic heterocycles. The number of imidazole rings is 1. The monoisotopic (exact) mass is 413 g/mol. The Morgan fingerprint density at radius 1 is 1.14 bits per heavy atom. The van der Waals surface area contributed by atoms with Gasteiger partial charge in [-0.25, -0.2) is 13.4 Å². The SMILES string of the molecule is Cc1ccc(S(=O)(=O)NC(C)C(=O)OCc2nccn2Cc2ccccc2)cc1. The minimum atomic E-state index is -3.81. The van der Waals surface area contributed by atoms with Crippen LogP contribution in [0.15, 0.2) is 71.9 Å². The van der Waals surface area contributed by atoms with Gasteiger partial charge in [0.2, 0.25) is 10.0 Å². The number of benzene rings is 2. The minimum Gasteiger partial charge on any atom is -0.456 e. The van der Waals surface area contributed by atoms with Gasteiger partial charge in [0.1, 0.15) is 18.5 Å². The number of nitrogens with zero attached hydrogens (tertiary/aromatic N) is 2. The van der Waals surface area contributed by atoms with Crippen molar-refractivity contribution in [1.29, 1.82) is 0 Å². The summed E-state index contributed by atoms with van der Waals surface area (Å²) in [7, 11) is -3.81. The number of sulfonamides is 1. The molecule has 0 bridgehead atoms. The van der Waals surface area contributed by atoms with Crippen LogP contribution in [0.5, 0.6) is 0 Å². The molecule has 29 heavy (non-hydrogen) atoms. The molecule has 2 aromatic carbocycles. The first-order valence-electron chi connectivity index (χ1n) is 9.15. The highest BCUT2D eigenvalue weighted by atomic mass is 32.2. The molecule has 0 spiro atoms. The molecule has 152 valence electrons. The summed E-state index contributed by atoms with van der Waals surface area (Å²) in [6.45, 7) is 3.87. The Hall–Kier alpha value is -2.97. The largest absolute Gasteiger partial charge is 0.456 e. The van der Waals surface area contributed by atoms with E-state index in [1.807, 2.05) is 41.8 Å². The third-order valence-electron chi connectivity index (χ3n) is 4.36. The lowest BCUT2D eigenvalue weighted by Gasteiger charge is -2.14. The first-order chi connectivity index (χ1) is 13.8. The molecule has 0 saturated carbocycles. The summed E-state index contributed by atoms with van der Waals surface area (Å²) in [6, 6.07) is 15.2. The van der Waals surface area contributed by atoms with E-state index in [9.17, 15) is 13.2 Å². The average Bonchev–Trinajstić information content (AvgIpc) is 3.13. The van der Waals surface area contributed by atoms with E-state index in [0.717, 1.165) is 11.1 Å². The molecule has 3 rings (SSSR count). The number of aryl methyl sites for hydroxylation is 1. The zero-order valence-corrected chi connectivity index (χ0v) is 17.1. The molecule has 1 unspecified atom stereocenters. The number of esters is 1. The summed E-state index contributed by atoms with van der Waals surface area (Å²) in [4.78, 5) is 16.6. The summed E-state index contributed by atoms with van der Waals surface area (Å²) in [5.41, 5.74) is 2.04. The van der Waals surface area contributed by atoms with Crippen molar-refractivity contribution in [1.82, 2.24) is 14.3 Å². The highest BCUT2D eigenvalue weighted by molar-refractivity contribution is 7.89. The second-order valence-corrected chi connectivity index (χ2v) is 8.43. The molecule has 0 saturated heterocycles. The van der Waals surface area contributed by atoms with Gasteiger partial charge in [-0.1, -0.05) is 48.0 Å². The number of carbonyl (C=O) groups excluding carboxylic acids is 1. The third kappa shape index (κ3) is 5.52. The zero-order valence-electron chi connectivity index (χ0n) is 16.3. The van der Waals surface area contributed by atoms with E-state index in [2.05, 4.69) is 9.71 Å². The lowest BCUT2D eigenvalue weighted by Crippen LogP contribution is -2.39. The number of hydrogen-bond acceptors (Lipinski definition) is 5. The molecule has 1 N–H and O–H groups in total. The maximum atomic E-state index is 12.4. The van der Waals surface area contributed by atoms with E-state index in [4.69, 9.17) is 4.74 Å². The van der Waals surface area contributed by atoms with Gasteiger partial charge in [0.25, 0.3) is 0 Å². The van der Waals surface area contributed by atoms with E-state index < -0.39 is 22.0 Å². The van der Waals surface area contributed by atoms with Crippen molar-refractivity contribution in [2.75, 3.05) is 0 Å². The van der Waals surface area contributed by atoms with Crippen molar-refractivity contribution in [3.63, 3.8) is 0 Å². The van der Waals surface area contributed by atoms with Crippen LogP contribution in [0.4, 0.5) is 0 Å². The maximum absolute atomic E-state index is 12.4. The topological polar surface area (TPSA) is 90.3 Å². The van der Waals surface area contributed by atoms with Crippen molar-refractivity contribution in [2.24, 2.45) is 0 Å². The fraction of sp³-hybridized carbons (Fsp3) is 0.238. The van der Waals surface area contributed by atoms with Crippen LogP contribution in [-0.4, -0.2) is 30.0 Å². The summed E-state index contributed by atoms with van der Waals surface area (Å²) in [5, 5.41) is 0. The van der Waals surface area contributed by atoms with Gasteiger partial charge < -0.3 is 9.30 Å². The normalized spacial score (nSPS) is 12.5. The van der Waals surface area contributed by atoms with Crippen LogP contribution in [0.1, 0.15) is 23.9 Å². The number of hydrogen-bond donors (Lipinski definition) is 1.